The molecule has 0 saturated carbocycles. The average molecular weight is 312 g/mol. The molecule has 4 N–H and O–H groups in total. The van der Waals surface area contributed by atoms with E-state index in [-0.39, 0.29) is 12.5 Å². The van der Waals surface area contributed by atoms with Crippen LogP contribution in [0.25, 0.3) is 0 Å². The van der Waals surface area contributed by atoms with E-state index in [1.165, 1.54) is 5.56 Å². The van der Waals surface area contributed by atoms with Crippen molar-refractivity contribution in [2.24, 2.45) is 5.73 Å². The van der Waals surface area contributed by atoms with Crippen molar-refractivity contribution in [1.82, 2.24) is 5.32 Å². The van der Waals surface area contributed by atoms with Gasteiger partial charge in [-0.2, -0.15) is 0 Å². The van der Waals surface area contributed by atoms with Gasteiger partial charge in [-0.15, -0.1) is 0 Å². The molecule has 0 aliphatic rings. The molecule has 2 rings (SSSR count). The van der Waals surface area contributed by atoms with Crippen LogP contribution in [0.2, 0.25) is 0 Å². The van der Waals surface area contributed by atoms with Crippen molar-refractivity contribution in [3.05, 3.63) is 71.8 Å². The first-order valence-corrected chi connectivity index (χ1v) is 7.96. The highest BCUT2D eigenvalue weighted by molar-refractivity contribution is 5.81. The Morgan fingerprint density at radius 1 is 1.04 bits per heavy atom. The molecule has 2 atom stereocenters. The maximum atomic E-state index is 12.2. The SMILES string of the molecule is N[C@H](CCCc1ccccc1)C(=O)N[C@@H](CO)c1ccccc1. The van der Waals surface area contributed by atoms with Crippen LogP contribution in [0.4, 0.5) is 0 Å². The summed E-state index contributed by atoms with van der Waals surface area (Å²) in [6.45, 7) is -0.146. The zero-order valence-corrected chi connectivity index (χ0v) is 13.2. The number of amides is 1. The van der Waals surface area contributed by atoms with Crippen molar-refractivity contribution in [3.63, 3.8) is 0 Å². The molecule has 0 spiro atoms. The van der Waals surface area contributed by atoms with Gasteiger partial charge in [0.1, 0.15) is 0 Å². The van der Waals surface area contributed by atoms with Crippen molar-refractivity contribution in [2.45, 2.75) is 31.3 Å². The molecule has 0 heterocycles. The predicted molar refractivity (Wildman–Crippen MR) is 91.8 cm³/mol. The molecule has 0 aliphatic carbocycles. The maximum absolute atomic E-state index is 12.2. The molecule has 2 aromatic carbocycles. The van der Waals surface area contributed by atoms with Gasteiger partial charge in [0.15, 0.2) is 0 Å². The van der Waals surface area contributed by atoms with E-state index in [9.17, 15) is 9.90 Å². The van der Waals surface area contributed by atoms with Crippen LogP contribution in [0.1, 0.15) is 30.0 Å². The van der Waals surface area contributed by atoms with E-state index in [0.717, 1.165) is 18.4 Å². The molecule has 0 aromatic heterocycles. The van der Waals surface area contributed by atoms with E-state index in [1.807, 2.05) is 48.5 Å². The lowest BCUT2D eigenvalue weighted by molar-refractivity contribution is -0.123. The van der Waals surface area contributed by atoms with Gasteiger partial charge < -0.3 is 16.2 Å². The van der Waals surface area contributed by atoms with Crippen molar-refractivity contribution in [2.75, 3.05) is 6.61 Å². The summed E-state index contributed by atoms with van der Waals surface area (Å²) in [5.41, 5.74) is 8.09. The normalized spacial score (nSPS) is 13.3. The summed E-state index contributed by atoms with van der Waals surface area (Å²) in [4.78, 5) is 12.2. The van der Waals surface area contributed by atoms with E-state index in [4.69, 9.17) is 5.73 Å². The number of benzene rings is 2. The van der Waals surface area contributed by atoms with Gasteiger partial charge in [-0.3, -0.25) is 4.79 Å². The van der Waals surface area contributed by atoms with E-state index in [1.54, 1.807) is 0 Å². The summed E-state index contributed by atoms with van der Waals surface area (Å²) in [7, 11) is 0. The summed E-state index contributed by atoms with van der Waals surface area (Å²) < 4.78 is 0. The number of carbonyl (C=O) groups is 1. The Labute approximate surface area is 137 Å². The molecule has 0 saturated heterocycles. The predicted octanol–water partition coefficient (Wildman–Crippen LogP) is 2.19. The highest BCUT2D eigenvalue weighted by Gasteiger charge is 2.18. The van der Waals surface area contributed by atoms with Crippen LogP contribution >= 0.6 is 0 Å². The van der Waals surface area contributed by atoms with Crippen molar-refractivity contribution < 1.29 is 9.90 Å². The number of nitrogens with two attached hydrogens (primary N) is 1. The molecule has 122 valence electrons. The minimum Gasteiger partial charge on any atom is -0.394 e. The molecule has 4 heteroatoms. The molecular weight excluding hydrogens is 288 g/mol. The second-order valence-electron chi connectivity index (χ2n) is 5.64. The van der Waals surface area contributed by atoms with Crippen molar-refractivity contribution in [3.8, 4) is 0 Å². The first kappa shape index (κ1) is 17.2. The standard InChI is InChI=1S/C19H24N2O2/c20-17(13-7-10-15-8-3-1-4-9-15)19(23)21-18(14-22)16-11-5-2-6-12-16/h1-6,8-9,11-12,17-18,22H,7,10,13-14,20H2,(H,21,23)/t17-,18+/m1/s1. The first-order valence-electron chi connectivity index (χ1n) is 7.96. The number of aryl methyl sites for hydroxylation is 1. The number of aliphatic hydroxyl groups is 1. The van der Waals surface area contributed by atoms with Gasteiger partial charge in [0.05, 0.1) is 18.7 Å². The lowest BCUT2D eigenvalue weighted by atomic mass is 10.0. The van der Waals surface area contributed by atoms with Gasteiger partial charge in [-0.05, 0) is 30.4 Å². The zero-order chi connectivity index (χ0) is 16.5. The van der Waals surface area contributed by atoms with E-state index in [0.29, 0.717) is 6.42 Å². The van der Waals surface area contributed by atoms with Gasteiger partial charge >= 0.3 is 0 Å². The van der Waals surface area contributed by atoms with Crippen molar-refractivity contribution >= 4 is 5.91 Å². The Morgan fingerprint density at radius 3 is 2.26 bits per heavy atom. The topological polar surface area (TPSA) is 75.4 Å². The van der Waals surface area contributed by atoms with E-state index < -0.39 is 12.1 Å². The highest BCUT2D eigenvalue weighted by atomic mass is 16.3. The van der Waals surface area contributed by atoms with Crippen LogP contribution in [0.3, 0.4) is 0 Å². The number of aliphatic hydroxyl groups excluding tert-OH is 1. The molecule has 0 radical (unpaired) electrons. The summed E-state index contributed by atoms with van der Waals surface area (Å²) in [5.74, 6) is -0.221. The Bertz CT molecular complexity index is 587. The summed E-state index contributed by atoms with van der Waals surface area (Å²) >= 11 is 0. The third-order valence-electron chi connectivity index (χ3n) is 3.86. The lowest BCUT2D eigenvalue weighted by Crippen LogP contribution is -2.43. The largest absolute Gasteiger partial charge is 0.394 e. The monoisotopic (exact) mass is 312 g/mol. The van der Waals surface area contributed by atoms with Crippen LogP contribution in [0.15, 0.2) is 60.7 Å². The fraction of sp³-hybridized carbons (Fsp3) is 0.316. The van der Waals surface area contributed by atoms with Gasteiger partial charge in [0, 0.05) is 0 Å². The highest BCUT2D eigenvalue weighted by Crippen LogP contribution is 2.12. The summed E-state index contributed by atoms with van der Waals surface area (Å²) in [6, 6.07) is 18.6. The molecule has 1 amide bonds. The average Bonchev–Trinajstić information content (AvgIpc) is 2.61. The quantitative estimate of drug-likeness (QED) is 0.699. The lowest BCUT2D eigenvalue weighted by Gasteiger charge is -2.19. The Morgan fingerprint density at radius 2 is 1.65 bits per heavy atom. The van der Waals surface area contributed by atoms with E-state index >= 15 is 0 Å². The number of nitrogens with one attached hydrogen (secondary N) is 1. The number of carbonyl (C=O) groups excluding carboxylic acids is 1. The first-order chi connectivity index (χ1) is 11.2. The molecule has 23 heavy (non-hydrogen) atoms. The molecule has 0 fully saturated rings. The van der Waals surface area contributed by atoms with Crippen LogP contribution < -0.4 is 11.1 Å². The van der Waals surface area contributed by atoms with Crippen LogP contribution in [-0.2, 0) is 11.2 Å². The number of hydrogen-bond donors (Lipinski definition) is 3. The number of hydrogen-bond acceptors (Lipinski definition) is 3. The van der Waals surface area contributed by atoms with E-state index in [2.05, 4.69) is 17.4 Å². The van der Waals surface area contributed by atoms with Crippen LogP contribution in [0, 0.1) is 0 Å². The number of rotatable bonds is 8. The second kappa shape index (κ2) is 9.08. The van der Waals surface area contributed by atoms with Crippen LogP contribution in [0.5, 0.6) is 0 Å². The van der Waals surface area contributed by atoms with Gasteiger partial charge in [-0.25, -0.2) is 0 Å². The third-order valence-corrected chi connectivity index (χ3v) is 3.86. The maximum Gasteiger partial charge on any atom is 0.237 e. The van der Waals surface area contributed by atoms with Gasteiger partial charge in [0.25, 0.3) is 0 Å². The molecule has 0 unspecified atom stereocenters. The zero-order valence-electron chi connectivity index (χ0n) is 13.2. The van der Waals surface area contributed by atoms with Gasteiger partial charge in [-0.1, -0.05) is 60.7 Å². The van der Waals surface area contributed by atoms with Gasteiger partial charge in [0.2, 0.25) is 5.91 Å². The fourth-order valence-electron chi connectivity index (χ4n) is 2.50. The fourth-order valence-corrected chi connectivity index (χ4v) is 2.50. The minimum absolute atomic E-state index is 0.146. The second-order valence-corrected chi connectivity index (χ2v) is 5.64. The smallest absolute Gasteiger partial charge is 0.237 e. The molecular formula is C19H24N2O2. The Hall–Kier alpha value is -2.17. The molecule has 0 aliphatic heterocycles. The Kier molecular flexibility index (Phi) is 6.78. The third kappa shape index (κ3) is 5.51. The van der Waals surface area contributed by atoms with Crippen molar-refractivity contribution in [1.29, 1.82) is 0 Å². The molecule has 0 bridgehead atoms. The molecule has 4 nitrogen and oxygen atoms in total. The minimum atomic E-state index is -0.559. The summed E-state index contributed by atoms with van der Waals surface area (Å²) in [5, 5.41) is 12.3. The Balaban J connectivity index is 1.80. The van der Waals surface area contributed by atoms with Crippen LogP contribution in [-0.4, -0.2) is 23.7 Å². The molecule has 2 aromatic rings. The summed E-state index contributed by atoms with van der Waals surface area (Å²) in [6.07, 6.45) is 2.38.